The van der Waals surface area contributed by atoms with Crippen LogP contribution >= 0.6 is 0 Å². The fourth-order valence-corrected chi connectivity index (χ4v) is 1.88. The lowest BCUT2D eigenvalue weighted by Crippen LogP contribution is -2.41. The van der Waals surface area contributed by atoms with Crippen LogP contribution in [0.15, 0.2) is 0 Å². The average Bonchev–Trinajstić information content (AvgIpc) is 2.38. The van der Waals surface area contributed by atoms with Crippen LogP contribution in [0.5, 0.6) is 0 Å². The van der Waals surface area contributed by atoms with E-state index in [2.05, 4.69) is 12.2 Å². The summed E-state index contributed by atoms with van der Waals surface area (Å²) in [4.78, 5) is 33.2. The molecule has 4 N–H and O–H groups in total. The Morgan fingerprint density at radius 1 is 1.05 bits per heavy atom. The van der Waals surface area contributed by atoms with Crippen LogP contribution in [0.2, 0.25) is 0 Å². The fourth-order valence-electron chi connectivity index (χ4n) is 1.88. The Morgan fingerprint density at radius 3 is 2.20 bits per heavy atom. The highest BCUT2D eigenvalue weighted by Crippen LogP contribution is 2.07. The van der Waals surface area contributed by atoms with Gasteiger partial charge in [0.15, 0.2) is 0 Å². The molecule has 1 unspecified atom stereocenters. The number of aliphatic carboxylic acids is 1. The first-order valence-corrected chi connectivity index (χ1v) is 7.27. The number of carbonyl (C=O) groups is 3. The summed E-state index contributed by atoms with van der Waals surface area (Å²) in [5.74, 6) is -1.98. The van der Waals surface area contributed by atoms with Crippen molar-refractivity contribution in [1.29, 1.82) is 0 Å². The van der Waals surface area contributed by atoms with Crippen molar-refractivity contribution >= 4 is 17.8 Å². The van der Waals surface area contributed by atoms with Gasteiger partial charge < -0.3 is 16.2 Å². The molecule has 0 saturated carbocycles. The minimum absolute atomic E-state index is 0.0346. The minimum Gasteiger partial charge on any atom is -0.480 e. The molecule has 0 saturated heterocycles. The Balaban J connectivity index is 3.84. The number of carbonyl (C=O) groups excluding carboxylic acids is 2. The van der Waals surface area contributed by atoms with E-state index in [4.69, 9.17) is 10.8 Å². The molecule has 0 fully saturated rings. The third-order valence-electron chi connectivity index (χ3n) is 3.07. The molecular weight excluding hydrogens is 260 g/mol. The summed E-state index contributed by atoms with van der Waals surface area (Å²) >= 11 is 0. The van der Waals surface area contributed by atoms with Crippen LogP contribution in [-0.2, 0) is 14.4 Å². The molecule has 0 spiro atoms. The molecule has 6 nitrogen and oxygen atoms in total. The van der Waals surface area contributed by atoms with Crippen molar-refractivity contribution in [3.63, 3.8) is 0 Å². The fraction of sp³-hybridized carbons (Fsp3) is 0.786. The third-order valence-corrected chi connectivity index (χ3v) is 3.07. The second-order valence-electron chi connectivity index (χ2n) is 4.98. The maximum atomic E-state index is 11.6. The largest absolute Gasteiger partial charge is 0.480 e. The van der Waals surface area contributed by atoms with E-state index in [1.807, 2.05) is 0 Å². The molecule has 6 heteroatoms. The first-order chi connectivity index (χ1) is 9.47. The number of hydrogen-bond acceptors (Lipinski definition) is 3. The van der Waals surface area contributed by atoms with E-state index in [0.29, 0.717) is 6.42 Å². The quantitative estimate of drug-likeness (QED) is 0.473. The highest BCUT2D eigenvalue weighted by atomic mass is 16.4. The topological polar surface area (TPSA) is 109 Å². The van der Waals surface area contributed by atoms with Gasteiger partial charge in [-0.2, -0.15) is 0 Å². The van der Waals surface area contributed by atoms with Gasteiger partial charge in [-0.1, -0.05) is 39.0 Å². The molecule has 116 valence electrons. The number of hydrogen-bond donors (Lipinski definition) is 3. The van der Waals surface area contributed by atoms with Gasteiger partial charge in [0.2, 0.25) is 11.8 Å². The molecule has 0 heterocycles. The van der Waals surface area contributed by atoms with Crippen molar-refractivity contribution in [2.24, 2.45) is 5.73 Å². The van der Waals surface area contributed by atoms with Gasteiger partial charge >= 0.3 is 5.97 Å². The van der Waals surface area contributed by atoms with E-state index in [9.17, 15) is 14.4 Å². The van der Waals surface area contributed by atoms with Crippen molar-refractivity contribution < 1.29 is 19.5 Å². The van der Waals surface area contributed by atoms with Crippen LogP contribution in [0.3, 0.4) is 0 Å². The zero-order valence-corrected chi connectivity index (χ0v) is 12.2. The number of rotatable bonds is 12. The van der Waals surface area contributed by atoms with E-state index in [-0.39, 0.29) is 18.7 Å². The van der Waals surface area contributed by atoms with Crippen LogP contribution in [0, 0.1) is 0 Å². The number of unbranched alkanes of at least 4 members (excludes halogenated alkanes) is 5. The van der Waals surface area contributed by atoms with Crippen LogP contribution in [0.25, 0.3) is 0 Å². The summed E-state index contributed by atoms with van der Waals surface area (Å²) in [5.41, 5.74) is 4.97. The Hall–Kier alpha value is -1.59. The highest BCUT2D eigenvalue weighted by Gasteiger charge is 2.19. The monoisotopic (exact) mass is 286 g/mol. The molecule has 20 heavy (non-hydrogen) atoms. The molecule has 0 aliphatic heterocycles. The van der Waals surface area contributed by atoms with Gasteiger partial charge in [0.05, 0.1) is 0 Å². The van der Waals surface area contributed by atoms with E-state index < -0.39 is 17.9 Å². The van der Waals surface area contributed by atoms with Gasteiger partial charge in [-0.05, 0) is 12.8 Å². The highest BCUT2D eigenvalue weighted by molar-refractivity contribution is 5.84. The van der Waals surface area contributed by atoms with Crippen LogP contribution < -0.4 is 11.1 Å². The van der Waals surface area contributed by atoms with Crippen molar-refractivity contribution in [3.05, 3.63) is 0 Å². The molecule has 0 aliphatic carbocycles. The number of carboxylic acid groups (broad SMARTS) is 1. The summed E-state index contributed by atoms with van der Waals surface area (Å²) in [7, 11) is 0. The summed E-state index contributed by atoms with van der Waals surface area (Å²) in [6.07, 6.45) is 6.72. The van der Waals surface area contributed by atoms with Crippen molar-refractivity contribution in [1.82, 2.24) is 5.32 Å². The van der Waals surface area contributed by atoms with Crippen LogP contribution in [0.1, 0.15) is 64.7 Å². The van der Waals surface area contributed by atoms with Crippen molar-refractivity contribution in [2.45, 2.75) is 70.8 Å². The molecule has 0 radical (unpaired) electrons. The molecular formula is C14H26N2O4. The third kappa shape index (κ3) is 10.3. The minimum atomic E-state index is -1.14. The smallest absolute Gasteiger partial charge is 0.326 e. The molecule has 1 atom stereocenters. The summed E-state index contributed by atoms with van der Waals surface area (Å²) in [6.45, 7) is 2.14. The summed E-state index contributed by atoms with van der Waals surface area (Å²) < 4.78 is 0. The molecule has 0 aliphatic rings. The van der Waals surface area contributed by atoms with Crippen molar-refractivity contribution in [3.8, 4) is 0 Å². The first kappa shape index (κ1) is 18.4. The number of carboxylic acids is 1. The molecule has 0 aromatic rings. The lowest BCUT2D eigenvalue weighted by atomic mass is 10.1. The average molecular weight is 286 g/mol. The second kappa shape index (κ2) is 11.3. The van der Waals surface area contributed by atoms with Gasteiger partial charge in [0.25, 0.3) is 0 Å². The maximum absolute atomic E-state index is 11.6. The maximum Gasteiger partial charge on any atom is 0.326 e. The first-order valence-electron chi connectivity index (χ1n) is 7.27. The number of nitrogens with two attached hydrogens (primary N) is 1. The van der Waals surface area contributed by atoms with Gasteiger partial charge in [-0.3, -0.25) is 9.59 Å². The Labute approximate surface area is 120 Å². The summed E-state index contributed by atoms with van der Waals surface area (Å²) in [5, 5.41) is 11.4. The number of nitrogens with one attached hydrogen (secondary N) is 1. The molecule has 0 aromatic carbocycles. The summed E-state index contributed by atoms with van der Waals surface area (Å²) in [6, 6.07) is -1.03. The second-order valence-corrected chi connectivity index (χ2v) is 4.98. The van der Waals surface area contributed by atoms with Gasteiger partial charge in [0.1, 0.15) is 6.04 Å². The normalized spacial score (nSPS) is 11.8. The van der Waals surface area contributed by atoms with E-state index in [1.54, 1.807) is 0 Å². The van der Waals surface area contributed by atoms with Gasteiger partial charge in [0, 0.05) is 12.8 Å². The van der Waals surface area contributed by atoms with Crippen LogP contribution in [-0.4, -0.2) is 28.9 Å². The number of amides is 2. The lowest BCUT2D eigenvalue weighted by Gasteiger charge is -2.13. The van der Waals surface area contributed by atoms with E-state index in [0.717, 1.165) is 19.3 Å². The Bertz CT molecular complexity index is 318. The molecule has 0 aromatic heterocycles. The number of primary amides is 1. The van der Waals surface area contributed by atoms with E-state index in [1.165, 1.54) is 19.3 Å². The zero-order valence-electron chi connectivity index (χ0n) is 12.2. The van der Waals surface area contributed by atoms with Crippen molar-refractivity contribution in [2.75, 3.05) is 0 Å². The molecule has 2 amide bonds. The predicted octanol–water partition coefficient (Wildman–Crippen LogP) is 1.57. The van der Waals surface area contributed by atoms with Gasteiger partial charge in [-0.25, -0.2) is 4.79 Å². The Kier molecular flexibility index (Phi) is 10.4. The predicted molar refractivity (Wildman–Crippen MR) is 76.0 cm³/mol. The van der Waals surface area contributed by atoms with Crippen LogP contribution in [0.4, 0.5) is 0 Å². The lowest BCUT2D eigenvalue weighted by molar-refractivity contribution is -0.142. The standard InChI is InChI=1S/C14H26N2O4/c1-2-3-4-5-6-7-8-13(18)16-11(14(19)20)9-10-12(15)17/h11H,2-10H2,1H3,(H2,15,17)(H,16,18)(H,19,20). The zero-order chi connectivity index (χ0) is 15.4. The molecule has 0 bridgehead atoms. The SMILES string of the molecule is CCCCCCCCC(=O)NC(CCC(N)=O)C(=O)O. The van der Waals surface area contributed by atoms with E-state index >= 15 is 0 Å². The van der Waals surface area contributed by atoms with Gasteiger partial charge in [-0.15, -0.1) is 0 Å². The Morgan fingerprint density at radius 2 is 1.65 bits per heavy atom. The molecule has 0 rings (SSSR count).